The van der Waals surface area contributed by atoms with Crippen LogP contribution in [0.2, 0.25) is 0 Å². The molecule has 1 aromatic heterocycles. The summed E-state index contributed by atoms with van der Waals surface area (Å²) < 4.78 is 1.76. The number of para-hydroxylation sites is 1. The predicted molar refractivity (Wildman–Crippen MR) is 107 cm³/mol. The lowest BCUT2D eigenvalue weighted by atomic mass is 9.97. The lowest BCUT2D eigenvalue weighted by Gasteiger charge is -2.31. The minimum Gasteiger partial charge on any atom is -0.370 e. The number of amides is 1. The largest absolute Gasteiger partial charge is 0.370 e. The summed E-state index contributed by atoms with van der Waals surface area (Å²) in [5.41, 5.74) is 3.83. The molecule has 1 amide bonds. The summed E-state index contributed by atoms with van der Waals surface area (Å²) in [6, 6.07) is 10.6. The number of rotatable bonds is 6. The smallest absolute Gasteiger partial charge is 0.241 e. The van der Waals surface area contributed by atoms with Crippen LogP contribution in [0.3, 0.4) is 0 Å². The van der Waals surface area contributed by atoms with Gasteiger partial charge in [0.15, 0.2) is 0 Å². The molecule has 0 saturated carbocycles. The fraction of sp³-hybridized carbons (Fsp3) is 0.524. The molecule has 1 fully saturated rings. The van der Waals surface area contributed by atoms with Crippen LogP contribution in [0.25, 0.3) is 0 Å². The molecule has 2 aliphatic rings. The van der Waals surface area contributed by atoms with E-state index in [-0.39, 0.29) is 12.5 Å². The molecular formula is C21H29N5O. The molecule has 6 nitrogen and oxygen atoms in total. The number of aromatic nitrogens is 2. The van der Waals surface area contributed by atoms with Gasteiger partial charge < -0.3 is 15.5 Å². The molecule has 0 unspecified atom stereocenters. The third kappa shape index (κ3) is 4.50. The molecule has 2 N–H and O–H groups in total. The fourth-order valence-electron chi connectivity index (χ4n) is 4.16. The van der Waals surface area contributed by atoms with Gasteiger partial charge in [-0.1, -0.05) is 18.2 Å². The third-order valence-corrected chi connectivity index (χ3v) is 5.59. The molecule has 0 bridgehead atoms. The Morgan fingerprint density at radius 3 is 3.07 bits per heavy atom. The van der Waals surface area contributed by atoms with Gasteiger partial charge in [-0.25, -0.2) is 0 Å². The van der Waals surface area contributed by atoms with Crippen molar-refractivity contribution >= 4 is 11.6 Å². The molecular weight excluding hydrogens is 338 g/mol. The Balaban J connectivity index is 1.24. The number of fused-ring (bicyclic) bond motifs is 1. The maximum atomic E-state index is 12.3. The van der Waals surface area contributed by atoms with E-state index in [1.165, 1.54) is 30.5 Å². The van der Waals surface area contributed by atoms with Crippen LogP contribution in [0, 0.1) is 0 Å². The summed E-state index contributed by atoms with van der Waals surface area (Å²) in [6.07, 6.45) is 6.61. The number of benzene rings is 1. The summed E-state index contributed by atoms with van der Waals surface area (Å²) in [6.45, 7) is 4.94. The van der Waals surface area contributed by atoms with Crippen LogP contribution in [0.15, 0.2) is 36.5 Å². The number of piperidine rings is 1. The van der Waals surface area contributed by atoms with Crippen molar-refractivity contribution in [1.29, 1.82) is 0 Å². The number of nitrogens with one attached hydrogen (secondary N) is 2. The van der Waals surface area contributed by atoms with E-state index in [4.69, 9.17) is 0 Å². The van der Waals surface area contributed by atoms with E-state index in [2.05, 4.69) is 51.0 Å². The Morgan fingerprint density at radius 2 is 2.19 bits per heavy atom. The second-order valence-corrected chi connectivity index (χ2v) is 7.55. The van der Waals surface area contributed by atoms with Crippen LogP contribution in [-0.4, -0.2) is 48.4 Å². The molecule has 1 atom stereocenters. The molecule has 0 radical (unpaired) electrons. The van der Waals surface area contributed by atoms with Crippen molar-refractivity contribution in [3.63, 3.8) is 0 Å². The fourth-order valence-corrected chi connectivity index (χ4v) is 4.16. The Morgan fingerprint density at radius 1 is 1.26 bits per heavy atom. The summed E-state index contributed by atoms with van der Waals surface area (Å²) in [7, 11) is 0. The molecule has 1 aromatic carbocycles. The molecule has 2 aromatic rings. The van der Waals surface area contributed by atoms with Crippen LogP contribution >= 0.6 is 0 Å². The quantitative estimate of drug-likeness (QED) is 0.819. The molecule has 0 spiro atoms. The lowest BCUT2D eigenvalue weighted by Crippen LogP contribution is -2.38. The van der Waals surface area contributed by atoms with Crippen molar-refractivity contribution in [3.8, 4) is 0 Å². The van der Waals surface area contributed by atoms with Crippen molar-refractivity contribution in [2.75, 3.05) is 37.6 Å². The van der Waals surface area contributed by atoms with E-state index in [9.17, 15) is 4.79 Å². The van der Waals surface area contributed by atoms with Crippen molar-refractivity contribution in [3.05, 3.63) is 47.8 Å². The first-order chi connectivity index (χ1) is 13.3. The Labute approximate surface area is 160 Å². The van der Waals surface area contributed by atoms with Crippen LogP contribution in [0.1, 0.15) is 36.4 Å². The van der Waals surface area contributed by atoms with Gasteiger partial charge in [-0.05, 0) is 49.9 Å². The van der Waals surface area contributed by atoms with Gasteiger partial charge in [-0.15, -0.1) is 0 Å². The Bertz CT molecular complexity index is 765. The summed E-state index contributed by atoms with van der Waals surface area (Å²) in [5.74, 6) is 0.499. The number of carbonyl (C=O) groups excluding carboxylic acids is 1. The zero-order valence-electron chi connectivity index (χ0n) is 15.9. The van der Waals surface area contributed by atoms with Crippen molar-refractivity contribution in [2.45, 2.75) is 38.1 Å². The van der Waals surface area contributed by atoms with E-state index >= 15 is 0 Å². The maximum absolute atomic E-state index is 12.3. The molecule has 144 valence electrons. The topological polar surface area (TPSA) is 62.2 Å². The highest BCUT2D eigenvalue weighted by molar-refractivity contribution is 5.75. The average Bonchev–Trinajstić information content (AvgIpc) is 3.17. The highest BCUT2D eigenvalue weighted by Crippen LogP contribution is 2.26. The molecule has 0 aliphatic carbocycles. The number of hydrogen-bond acceptors (Lipinski definition) is 4. The molecule has 2 aliphatic heterocycles. The van der Waals surface area contributed by atoms with Crippen LogP contribution < -0.4 is 15.5 Å². The molecule has 1 saturated heterocycles. The summed E-state index contributed by atoms with van der Waals surface area (Å²) in [4.78, 5) is 14.7. The standard InChI is InChI=1S/C21H29N5O/c27-21(16-26-13-9-19(24-26)18-6-3-10-22-15-18)23-11-14-25-12-4-7-17-5-1-2-8-20(17)25/h1-2,5,8-9,13,18,22H,3-4,6-7,10-12,14-16H2,(H,23,27)/t18-/m1/s1. The highest BCUT2D eigenvalue weighted by atomic mass is 16.2. The highest BCUT2D eigenvalue weighted by Gasteiger charge is 2.18. The van der Waals surface area contributed by atoms with Crippen molar-refractivity contribution in [1.82, 2.24) is 20.4 Å². The minimum atomic E-state index is 0.0247. The van der Waals surface area contributed by atoms with Gasteiger partial charge in [0.2, 0.25) is 5.91 Å². The second kappa shape index (κ2) is 8.57. The van der Waals surface area contributed by atoms with E-state index in [1.54, 1.807) is 4.68 Å². The first-order valence-corrected chi connectivity index (χ1v) is 10.1. The Hall–Kier alpha value is -2.34. The van der Waals surface area contributed by atoms with E-state index in [0.717, 1.165) is 38.3 Å². The monoisotopic (exact) mass is 367 g/mol. The van der Waals surface area contributed by atoms with Crippen LogP contribution in [0.4, 0.5) is 5.69 Å². The third-order valence-electron chi connectivity index (χ3n) is 5.59. The van der Waals surface area contributed by atoms with Gasteiger partial charge in [0, 0.05) is 44.0 Å². The molecule has 4 rings (SSSR count). The summed E-state index contributed by atoms with van der Waals surface area (Å²) >= 11 is 0. The Kier molecular flexibility index (Phi) is 5.72. The number of hydrogen-bond donors (Lipinski definition) is 2. The molecule has 3 heterocycles. The van der Waals surface area contributed by atoms with Crippen LogP contribution in [0.5, 0.6) is 0 Å². The number of carbonyl (C=O) groups is 1. The van der Waals surface area contributed by atoms with Gasteiger partial charge in [-0.3, -0.25) is 9.48 Å². The lowest BCUT2D eigenvalue weighted by molar-refractivity contribution is -0.121. The van der Waals surface area contributed by atoms with Gasteiger partial charge >= 0.3 is 0 Å². The normalized spacial score (nSPS) is 19.6. The zero-order chi connectivity index (χ0) is 18.5. The van der Waals surface area contributed by atoms with E-state index < -0.39 is 0 Å². The maximum Gasteiger partial charge on any atom is 0.241 e. The second-order valence-electron chi connectivity index (χ2n) is 7.55. The van der Waals surface area contributed by atoms with Gasteiger partial charge in [0.05, 0.1) is 5.69 Å². The van der Waals surface area contributed by atoms with Crippen molar-refractivity contribution < 1.29 is 4.79 Å². The molecule has 27 heavy (non-hydrogen) atoms. The SMILES string of the molecule is O=C(Cn1ccc([C@@H]2CCCNC2)n1)NCCN1CCCc2ccccc21. The van der Waals surface area contributed by atoms with E-state index in [0.29, 0.717) is 12.5 Å². The van der Waals surface area contributed by atoms with Gasteiger partial charge in [-0.2, -0.15) is 5.10 Å². The minimum absolute atomic E-state index is 0.0247. The number of aryl methyl sites for hydroxylation is 1. The first kappa shape index (κ1) is 18.0. The van der Waals surface area contributed by atoms with Crippen LogP contribution in [-0.2, 0) is 17.8 Å². The average molecular weight is 367 g/mol. The number of nitrogens with zero attached hydrogens (tertiary/aromatic N) is 3. The van der Waals surface area contributed by atoms with Gasteiger partial charge in [0.1, 0.15) is 6.54 Å². The first-order valence-electron chi connectivity index (χ1n) is 10.1. The summed E-state index contributed by atoms with van der Waals surface area (Å²) in [5, 5.41) is 11.1. The molecule has 6 heteroatoms. The van der Waals surface area contributed by atoms with Gasteiger partial charge in [0.25, 0.3) is 0 Å². The van der Waals surface area contributed by atoms with Crippen molar-refractivity contribution in [2.24, 2.45) is 0 Å². The van der Waals surface area contributed by atoms with E-state index in [1.807, 2.05) is 6.20 Å². The zero-order valence-corrected chi connectivity index (χ0v) is 15.9. The predicted octanol–water partition coefficient (Wildman–Crippen LogP) is 1.92. The number of anilines is 1.